The van der Waals surface area contributed by atoms with E-state index in [2.05, 4.69) is 41.4 Å². The Balaban J connectivity index is 1.97. The third kappa shape index (κ3) is 3.27. The Labute approximate surface area is 108 Å². The molecular weight excluding hydrogens is 230 g/mol. The van der Waals surface area contributed by atoms with Crippen LogP contribution in [-0.4, -0.2) is 35.6 Å². The second-order valence-electron chi connectivity index (χ2n) is 4.94. The van der Waals surface area contributed by atoms with Crippen LogP contribution in [0.25, 0.3) is 0 Å². The highest BCUT2D eigenvalue weighted by atomic mass is 32.1. The standard InChI is InChI=1S/C13H23N3S/c1-4-5-12-8-16(7-6-14-12)11(3)13-15-10(2)9-17-13/h9,11-12,14H,4-8H2,1-3H3. The summed E-state index contributed by atoms with van der Waals surface area (Å²) in [6.45, 7) is 10.0. The maximum Gasteiger partial charge on any atom is 0.110 e. The minimum absolute atomic E-state index is 0.468. The van der Waals surface area contributed by atoms with E-state index in [1.807, 2.05) is 0 Å². The monoisotopic (exact) mass is 253 g/mol. The first-order valence-electron chi connectivity index (χ1n) is 6.60. The van der Waals surface area contributed by atoms with E-state index < -0.39 is 0 Å². The molecule has 0 aromatic carbocycles. The summed E-state index contributed by atoms with van der Waals surface area (Å²) in [4.78, 5) is 7.18. The highest BCUT2D eigenvalue weighted by molar-refractivity contribution is 7.09. The number of hydrogen-bond acceptors (Lipinski definition) is 4. The van der Waals surface area contributed by atoms with Gasteiger partial charge in [-0.05, 0) is 20.3 Å². The number of nitrogens with one attached hydrogen (secondary N) is 1. The minimum atomic E-state index is 0.468. The van der Waals surface area contributed by atoms with E-state index in [1.165, 1.54) is 17.8 Å². The molecule has 0 aliphatic carbocycles. The third-order valence-electron chi connectivity index (χ3n) is 3.47. The molecule has 96 valence electrons. The number of hydrogen-bond donors (Lipinski definition) is 1. The summed E-state index contributed by atoms with van der Waals surface area (Å²) >= 11 is 1.79. The van der Waals surface area contributed by atoms with Crippen molar-refractivity contribution < 1.29 is 0 Å². The van der Waals surface area contributed by atoms with Crippen molar-refractivity contribution in [3.63, 3.8) is 0 Å². The van der Waals surface area contributed by atoms with Crippen LogP contribution in [0.2, 0.25) is 0 Å². The van der Waals surface area contributed by atoms with E-state index in [0.29, 0.717) is 12.1 Å². The van der Waals surface area contributed by atoms with Gasteiger partial charge in [-0.25, -0.2) is 4.98 Å². The molecule has 2 rings (SSSR count). The van der Waals surface area contributed by atoms with Crippen LogP contribution in [0.15, 0.2) is 5.38 Å². The van der Waals surface area contributed by atoms with Gasteiger partial charge in [-0.3, -0.25) is 4.90 Å². The molecule has 0 bridgehead atoms. The van der Waals surface area contributed by atoms with Gasteiger partial charge >= 0.3 is 0 Å². The molecule has 0 saturated carbocycles. The van der Waals surface area contributed by atoms with Crippen LogP contribution in [-0.2, 0) is 0 Å². The van der Waals surface area contributed by atoms with E-state index in [0.717, 1.165) is 25.3 Å². The lowest BCUT2D eigenvalue weighted by molar-refractivity contribution is 0.148. The van der Waals surface area contributed by atoms with Crippen molar-refractivity contribution in [1.29, 1.82) is 0 Å². The quantitative estimate of drug-likeness (QED) is 0.894. The molecule has 0 radical (unpaired) electrons. The second-order valence-corrected chi connectivity index (χ2v) is 5.83. The number of nitrogens with zero attached hydrogens (tertiary/aromatic N) is 2. The van der Waals surface area contributed by atoms with Crippen molar-refractivity contribution in [2.75, 3.05) is 19.6 Å². The highest BCUT2D eigenvalue weighted by Gasteiger charge is 2.24. The molecule has 2 atom stereocenters. The lowest BCUT2D eigenvalue weighted by atomic mass is 10.1. The first kappa shape index (κ1) is 13.0. The summed E-state index contributed by atoms with van der Waals surface area (Å²) in [7, 11) is 0. The zero-order chi connectivity index (χ0) is 12.3. The van der Waals surface area contributed by atoms with E-state index in [4.69, 9.17) is 0 Å². The summed E-state index contributed by atoms with van der Waals surface area (Å²) in [5.74, 6) is 0. The first-order valence-corrected chi connectivity index (χ1v) is 7.48. The second kappa shape index (κ2) is 5.94. The third-order valence-corrected chi connectivity index (χ3v) is 4.60. The van der Waals surface area contributed by atoms with Crippen molar-refractivity contribution in [3.05, 3.63) is 16.1 Å². The fraction of sp³-hybridized carbons (Fsp3) is 0.769. The predicted molar refractivity (Wildman–Crippen MR) is 73.5 cm³/mol. The lowest BCUT2D eigenvalue weighted by Gasteiger charge is -2.36. The van der Waals surface area contributed by atoms with Gasteiger partial charge in [0.2, 0.25) is 0 Å². The normalized spacial score (nSPS) is 23.8. The van der Waals surface area contributed by atoms with Gasteiger partial charge in [0.05, 0.1) is 6.04 Å². The molecule has 0 spiro atoms. The van der Waals surface area contributed by atoms with Crippen LogP contribution < -0.4 is 5.32 Å². The van der Waals surface area contributed by atoms with Gasteiger partial charge in [-0.2, -0.15) is 0 Å². The molecule has 17 heavy (non-hydrogen) atoms. The summed E-state index contributed by atoms with van der Waals surface area (Å²) in [5.41, 5.74) is 1.15. The van der Waals surface area contributed by atoms with E-state index in [9.17, 15) is 0 Å². The number of rotatable bonds is 4. The van der Waals surface area contributed by atoms with Crippen LogP contribution in [0.1, 0.15) is 43.4 Å². The maximum atomic E-state index is 4.61. The van der Waals surface area contributed by atoms with Gasteiger partial charge in [0.25, 0.3) is 0 Å². The highest BCUT2D eigenvalue weighted by Crippen LogP contribution is 2.24. The Kier molecular flexibility index (Phi) is 4.54. The van der Waals surface area contributed by atoms with E-state index in [1.54, 1.807) is 11.3 Å². The molecule has 2 unspecified atom stereocenters. The Bertz CT molecular complexity index is 348. The fourth-order valence-electron chi connectivity index (χ4n) is 2.47. The minimum Gasteiger partial charge on any atom is -0.311 e. The summed E-state index contributed by atoms with van der Waals surface area (Å²) in [6.07, 6.45) is 2.54. The smallest absolute Gasteiger partial charge is 0.110 e. The number of piperazine rings is 1. The Hall–Kier alpha value is -0.450. The molecule has 3 nitrogen and oxygen atoms in total. The topological polar surface area (TPSA) is 28.2 Å². The predicted octanol–water partition coefficient (Wildman–Crippen LogP) is 2.59. The summed E-state index contributed by atoms with van der Waals surface area (Å²) < 4.78 is 0. The fourth-order valence-corrected chi connectivity index (χ4v) is 3.35. The van der Waals surface area contributed by atoms with E-state index in [-0.39, 0.29) is 0 Å². The Morgan fingerprint density at radius 3 is 3.12 bits per heavy atom. The molecule has 1 aliphatic heterocycles. The molecule has 4 heteroatoms. The molecule has 1 saturated heterocycles. The zero-order valence-electron chi connectivity index (χ0n) is 11.1. The van der Waals surface area contributed by atoms with Crippen LogP contribution in [0.5, 0.6) is 0 Å². The average molecular weight is 253 g/mol. The SMILES string of the molecule is CCCC1CN(C(C)c2nc(C)cs2)CCN1. The zero-order valence-corrected chi connectivity index (χ0v) is 11.9. The number of aromatic nitrogens is 1. The first-order chi connectivity index (χ1) is 8.20. The van der Waals surface area contributed by atoms with Crippen LogP contribution >= 0.6 is 11.3 Å². The molecule has 1 N–H and O–H groups in total. The van der Waals surface area contributed by atoms with Crippen LogP contribution in [0, 0.1) is 6.92 Å². The van der Waals surface area contributed by atoms with Gasteiger partial charge in [-0.15, -0.1) is 11.3 Å². The van der Waals surface area contributed by atoms with Crippen molar-refractivity contribution in [2.45, 2.75) is 45.7 Å². The molecule has 1 fully saturated rings. The number of thiazole rings is 1. The van der Waals surface area contributed by atoms with Gasteiger partial charge in [-0.1, -0.05) is 13.3 Å². The Morgan fingerprint density at radius 1 is 1.65 bits per heavy atom. The van der Waals surface area contributed by atoms with Gasteiger partial charge in [0, 0.05) is 36.8 Å². The lowest BCUT2D eigenvalue weighted by Crippen LogP contribution is -2.51. The van der Waals surface area contributed by atoms with Crippen LogP contribution in [0.3, 0.4) is 0 Å². The molecule has 0 amide bonds. The van der Waals surface area contributed by atoms with E-state index >= 15 is 0 Å². The maximum absolute atomic E-state index is 4.61. The summed E-state index contributed by atoms with van der Waals surface area (Å²) in [5, 5.41) is 7.02. The molecular formula is C13H23N3S. The average Bonchev–Trinajstić information content (AvgIpc) is 2.76. The van der Waals surface area contributed by atoms with Crippen molar-refractivity contribution >= 4 is 11.3 Å². The van der Waals surface area contributed by atoms with Crippen molar-refractivity contribution in [1.82, 2.24) is 15.2 Å². The molecule has 1 aromatic heterocycles. The van der Waals surface area contributed by atoms with Crippen molar-refractivity contribution in [3.8, 4) is 0 Å². The summed E-state index contributed by atoms with van der Waals surface area (Å²) in [6, 6.07) is 1.13. The molecule has 1 aromatic rings. The number of aryl methyl sites for hydroxylation is 1. The largest absolute Gasteiger partial charge is 0.311 e. The van der Waals surface area contributed by atoms with Gasteiger partial charge in [0.1, 0.15) is 5.01 Å². The molecule has 2 heterocycles. The van der Waals surface area contributed by atoms with Gasteiger partial charge < -0.3 is 5.32 Å². The Morgan fingerprint density at radius 2 is 2.47 bits per heavy atom. The van der Waals surface area contributed by atoms with Gasteiger partial charge in [0.15, 0.2) is 0 Å². The molecule has 1 aliphatic rings. The van der Waals surface area contributed by atoms with Crippen molar-refractivity contribution in [2.24, 2.45) is 0 Å². The van der Waals surface area contributed by atoms with Crippen LogP contribution in [0.4, 0.5) is 0 Å².